The van der Waals surface area contributed by atoms with Crippen LogP contribution >= 0.6 is 0 Å². The van der Waals surface area contributed by atoms with Crippen LogP contribution in [-0.4, -0.2) is 4.98 Å². The molecule has 0 saturated heterocycles. The summed E-state index contributed by atoms with van der Waals surface area (Å²) in [5.74, 6) is 0. The van der Waals surface area contributed by atoms with Crippen LogP contribution in [0.3, 0.4) is 0 Å². The van der Waals surface area contributed by atoms with Gasteiger partial charge in [-0.25, -0.2) is 0 Å². The van der Waals surface area contributed by atoms with E-state index in [9.17, 15) is 0 Å². The first kappa shape index (κ1) is 9.91. The lowest BCUT2D eigenvalue weighted by atomic mass is 10.1. The van der Waals surface area contributed by atoms with Crippen molar-refractivity contribution in [2.45, 2.75) is 19.8 Å². The molecule has 76 valence electrons. The van der Waals surface area contributed by atoms with Crippen molar-refractivity contribution < 1.29 is 0 Å². The van der Waals surface area contributed by atoms with Crippen LogP contribution < -0.4 is 0 Å². The van der Waals surface area contributed by atoms with Gasteiger partial charge < -0.3 is 0 Å². The maximum Gasteiger partial charge on any atom is 0.0707 e. The zero-order valence-corrected chi connectivity index (χ0v) is 8.98. The van der Waals surface area contributed by atoms with Gasteiger partial charge in [0.25, 0.3) is 0 Å². The van der Waals surface area contributed by atoms with Crippen molar-refractivity contribution in [2.75, 3.05) is 0 Å². The fourth-order valence-electron chi connectivity index (χ4n) is 1.64. The smallest absolute Gasteiger partial charge is 0.0707 e. The van der Waals surface area contributed by atoms with E-state index in [1.807, 2.05) is 18.3 Å². The lowest BCUT2D eigenvalue weighted by Gasteiger charge is -2.00. The van der Waals surface area contributed by atoms with E-state index >= 15 is 0 Å². The average molecular weight is 197 g/mol. The Morgan fingerprint density at radius 1 is 1.20 bits per heavy atom. The fraction of sp³-hybridized carbons (Fsp3) is 0.214. The van der Waals surface area contributed by atoms with E-state index in [4.69, 9.17) is 0 Å². The van der Waals surface area contributed by atoms with Gasteiger partial charge in [-0.2, -0.15) is 0 Å². The lowest BCUT2D eigenvalue weighted by molar-refractivity contribution is 0.962. The summed E-state index contributed by atoms with van der Waals surface area (Å²) in [5.41, 5.74) is 2.32. The van der Waals surface area contributed by atoms with Crippen molar-refractivity contribution in [3.8, 4) is 0 Å². The van der Waals surface area contributed by atoms with Gasteiger partial charge in [-0.1, -0.05) is 43.7 Å². The monoisotopic (exact) mass is 197 g/mol. The van der Waals surface area contributed by atoms with Crippen LogP contribution in [0.5, 0.6) is 0 Å². The molecule has 2 rings (SSSR count). The van der Waals surface area contributed by atoms with E-state index in [1.165, 1.54) is 17.4 Å². The van der Waals surface area contributed by atoms with Crippen LogP contribution in [-0.2, 0) is 0 Å². The van der Waals surface area contributed by atoms with E-state index in [1.54, 1.807) is 0 Å². The third-order valence-corrected chi connectivity index (χ3v) is 2.44. The quantitative estimate of drug-likeness (QED) is 0.723. The van der Waals surface area contributed by atoms with Gasteiger partial charge in [-0.15, -0.1) is 0 Å². The molecule has 0 spiro atoms. The number of unbranched alkanes of at least 4 members (excludes halogenated alkanes) is 1. The normalized spacial score (nSPS) is 11.3. The Labute approximate surface area is 90.5 Å². The summed E-state index contributed by atoms with van der Waals surface area (Å²) in [6, 6.07) is 10.3. The van der Waals surface area contributed by atoms with Gasteiger partial charge >= 0.3 is 0 Å². The second-order valence-corrected chi connectivity index (χ2v) is 3.61. The molecule has 0 N–H and O–H groups in total. The van der Waals surface area contributed by atoms with Gasteiger partial charge in [0, 0.05) is 11.6 Å². The highest BCUT2D eigenvalue weighted by Crippen LogP contribution is 2.17. The number of para-hydroxylation sites is 1. The molecule has 0 atom stereocenters. The van der Waals surface area contributed by atoms with Crippen molar-refractivity contribution in [3.05, 3.63) is 48.2 Å². The highest BCUT2D eigenvalue weighted by Gasteiger charge is 1.96. The number of allylic oxidation sites excluding steroid dienone is 1. The Morgan fingerprint density at radius 2 is 2.07 bits per heavy atom. The zero-order valence-electron chi connectivity index (χ0n) is 8.98. The Morgan fingerprint density at radius 3 is 2.93 bits per heavy atom. The second kappa shape index (κ2) is 4.74. The molecule has 0 aliphatic heterocycles. The molecule has 0 bridgehead atoms. The summed E-state index contributed by atoms with van der Waals surface area (Å²) in [4.78, 5) is 4.34. The van der Waals surface area contributed by atoms with Crippen LogP contribution in [0.4, 0.5) is 0 Å². The van der Waals surface area contributed by atoms with Gasteiger partial charge in [0.05, 0.1) is 5.52 Å². The molecule has 1 aromatic heterocycles. The topological polar surface area (TPSA) is 12.9 Å². The number of benzene rings is 1. The van der Waals surface area contributed by atoms with Crippen LogP contribution in [0, 0.1) is 0 Å². The molecule has 1 heteroatoms. The minimum Gasteiger partial charge on any atom is -0.256 e. The maximum absolute atomic E-state index is 4.34. The fourth-order valence-corrected chi connectivity index (χ4v) is 1.64. The molecule has 0 amide bonds. The number of aromatic nitrogens is 1. The maximum atomic E-state index is 4.34. The number of hydrogen-bond donors (Lipinski definition) is 0. The van der Waals surface area contributed by atoms with Crippen molar-refractivity contribution in [1.29, 1.82) is 0 Å². The number of fused-ring (bicyclic) bond motifs is 1. The number of hydrogen-bond acceptors (Lipinski definition) is 1. The number of nitrogens with zero attached hydrogens (tertiary/aromatic N) is 1. The summed E-state index contributed by atoms with van der Waals surface area (Å²) < 4.78 is 0. The molecule has 0 saturated carbocycles. The van der Waals surface area contributed by atoms with E-state index in [2.05, 4.69) is 42.3 Å². The Kier molecular flexibility index (Phi) is 3.13. The Hall–Kier alpha value is -1.63. The zero-order chi connectivity index (χ0) is 10.5. The molecule has 2 aromatic rings. The molecule has 0 aliphatic carbocycles. The molecule has 0 aliphatic rings. The molecule has 0 radical (unpaired) electrons. The van der Waals surface area contributed by atoms with Gasteiger partial charge in [0.1, 0.15) is 0 Å². The second-order valence-electron chi connectivity index (χ2n) is 3.61. The Bertz CT molecular complexity index is 466. The summed E-state index contributed by atoms with van der Waals surface area (Å²) in [5, 5.41) is 1.23. The average Bonchev–Trinajstić information content (AvgIpc) is 2.30. The van der Waals surface area contributed by atoms with Crippen LogP contribution in [0.1, 0.15) is 25.3 Å². The summed E-state index contributed by atoms with van der Waals surface area (Å²) in [7, 11) is 0. The first-order chi connectivity index (χ1) is 7.42. The van der Waals surface area contributed by atoms with E-state index in [-0.39, 0.29) is 0 Å². The highest BCUT2D eigenvalue weighted by molar-refractivity contribution is 5.87. The first-order valence-electron chi connectivity index (χ1n) is 5.42. The SMILES string of the molecule is CCC/C=C/c1ccnc2ccccc12. The molecule has 1 nitrogen and oxygen atoms in total. The van der Waals surface area contributed by atoms with Crippen molar-refractivity contribution >= 4 is 17.0 Å². The molecular formula is C14H15N. The van der Waals surface area contributed by atoms with Crippen LogP contribution in [0.15, 0.2) is 42.6 Å². The molecule has 15 heavy (non-hydrogen) atoms. The van der Waals surface area contributed by atoms with Gasteiger partial charge in [0.2, 0.25) is 0 Å². The third-order valence-electron chi connectivity index (χ3n) is 2.44. The highest BCUT2D eigenvalue weighted by atomic mass is 14.6. The van der Waals surface area contributed by atoms with Gasteiger partial charge in [0.15, 0.2) is 0 Å². The van der Waals surface area contributed by atoms with Gasteiger partial charge in [-0.05, 0) is 24.1 Å². The van der Waals surface area contributed by atoms with Crippen LogP contribution in [0.25, 0.3) is 17.0 Å². The van der Waals surface area contributed by atoms with E-state index in [0.29, 0.717) is 0 Å². The van der Waals surface area contributed by atoms with E-state index in [0.717, 1.165) is 11.9 Å². The number of rotatable bonds is 3. The minimum absolute atomic E-state index is 1.07. The van der Waals surface area contributed by atoms with Crippen LogP contribution in [0.2, 0.25) is 0 Å². The van der Waals surface area contributed by atoms with Crippen molar-refractivity contribution in [3.63, 3.8) is 0 Å². The summed E-state index contributed by atoms with van der Waals surface area (Å²) in [6.45, 7) is 2.19. The van der Waals surface area contributed by atoms with Crippen molar-refractivity contribution in [1.82, 2.24) is 4.98 Å². The summed E-state index contributed by atoms with van der Waals surface area (Å²) >= 11 is 0. The molecule has 0 fully saturated rings. The number of pyridine rings is 1. The Balaban J connectivity index is 2.42. The minimum atomic E-state index is 1.07. The molecule has 0 unspecified atom stereocenters. The van der Waals surface area contributed by atoms with E-state index < -0.39 is 0 Å². The molecule has 1 aromatic carbocycles. The largest absolute Gasteiger partial charge is 0.256 e. The lowest BCUT2D eigenvalue weighted by Crippen LogP contribution is -1.81. The predicted molar refractivity (Wildman–Crippen MR) is 65.7 cm³/mol. The first-order valence-corrected chi connectivity index (χ1v) is 5.42. The third kappa shape index (κ3) is 2.24. The van der Waals surface area contributed by atoms with Gasteiger partial charge in [-0.3, -0.25) is 4.98 Å². The molecule has 1 heterocycles. The van der Waals surface area contributed by atoms with Crippen molar-refractivity contribution in [2.24, 2.45) is 0 Å². The predicted octanol–water partition coefficient (Wildman–Crippen LogP) is 4.05. The standard InChI is InChI=1S/C14H15N/c1-2-3-4-7-12-10-11-15-14-9-6-5-8-13(12)14/h4-11H,2-3H2,1H3/b7-4+. The summed E-state index contributed by atoms with van der Waals surface area (Å²) in [6.07, 6.45) is 8.61. The molecular weight excluding hydrogens is 182 g/mol.